The van der Waals surface area contributed by atoms with Crippen molar-refractivity contribution in [2.45, 2.75) is 63.5 Å². The summed E-state index contributed by atoms with van der Waals surface area (Å²) < 4.78 is 0. The van der Waals surface area contributed by atoms with Gasteiger partial charge in [-0.25, -0.2) is 4.79 Å². The number of likely N-dealkylation sites (tertiary alicyclic amines) is 1. The summed E-state index contributed by atoms with van der Waals surface area (Å²) in [6.45, 7) is 5.52. The standard InChI is InChI=1S/C22H34N4O2/c1-2-23-21(28)25-22(13-6-7-14-22)20(27)24-19-11-16-26(17-12-19)15-10-18-8-4-3-5-9-18/h3-5,8-9,19H,2,6-7,10-17H2,1H3,(H,24,27)(H2,23,25,28). The molecular weight excluding hydrogens is 352 g/mol. The van der Waals surface area contributed by atoms with Gasteiger partial charge in [-0.1, -0.05) is 43.2 Å². The van der Waals surface area contributed by atoms with Crippen LogP contribution in [0.3, 0.4) is 0 Å². The number of hydrogen-bond donors (Lipinski definition) is 3. The number of carbonyl (C=O) groups excluding carboxylic acids is 2. The van der Waals surface area contributed by atoms with E-state index in [1.165, 1.54) is 5.56 Å². The second-order valence-corrected chi connectivity index (χ2v) is 8.10. The van der Waals surface area contributed by atoms with Crippen LogP contribution in [0.4, 0.5) is 4.79 Å². The Morgan fingerprint density at radius 1 is 1.11 bits per heavy atom. The molecule has 0 atom stereocenters. The molecule has 6 heteroatoms. The minimum absolute atomic E-state index is 0.000936. The monoisotopic (exact) mass is 386 g/mol. The third kappa shape index (κ3) is 5.47. The zero-order valence-corrected chi connectivity index (χ0v) is 17.0. The Morgan fingerprint density at radius 3 is 2.43 bits per heavy atom. The van der Waals surface area contributed by atoms with Crippen LogP contribution in [-0.4, -0.2) is 54.6 Å². The highest BCUT2D eigenvalue weighted by atomic mass is 16.2. The molecule has 1 saturated carbocycles. The van der Waals surface area contributed by atoms with Crippen molar-refractivity contribution in [1.29, 1.82) is 0 Å². The van der Waals surface area contributed by atoms with E-state index in [0.29, 0.717) is 6.54 Å². The maximum Gasteiger partial charge on any atom is 0.315 e. The lowest BCUT2D eigenvalue weighted by molar-refractivity contribution is -0.128. The van der Waals surface area contributed by atoms with E-state index in [9.17, 15) is 9.59 Å². The average Bonchev–Trinajstić information content (AvgIpc) is 3.18. The van der Waals surface area contributed by atoms with E-state index >= 15 is 0 Å². The third-order valence-electron chi connectivity index (χ3n) is 6.06. The predicted molar refractivity (Wildman–Crippen MR) is 111 cm³/mol. The Kier molecular flexibility index (Phi) is 7.31. The molecule has 28 heavy (non-hydrogen) atoms. The Morgan fingerprint density at radius 2 is 1.79 bits per heavy atom. The number of urea groups is 1. The van der Waals surface area contributed by atoms with Gasteiger partial charge in [0.1, 0.15) is 5.54 Å². The fourth-order valence-corrected chi connectivity index (χ4v) is 4.37. The van der Waals surface area contributed by atoms with Crippen LogP contribution in [0.1, 0.15) is 51.0 Å². The molecule has 6 nitrogen and oxygen atoms in total. The molecule has 0 bridgehead atoms. The average molecular weight is 387 g/mol. The van der Waals surface area contributed by atoms with E-state index in [1.54, 1.807) is 0 Å². The minimum atomic E-state index is -0.732. The first-order valence-corrected chi connectivity index (χ1v) is 10.7. The summed E-state index contributed by atoms with van der Waals surface area (Å²) in [4.78, 5) is 27.5. The number of benzene rings is 1. The highest BCUT2D eigenvalue weighted by Gasteiger charge is 2.43. The van der Waals surface area contributed by atoms with Gasteiger partial charge in [-0.2, -0.15) is 0 Å². The van der Waals surface area contributed by atoms with Crippen molar-refractivity contribution in [1.82, 2.24) is 20.9 Å². The molecule has 154 valence electrons. The Balaban J connectivity index is 1.45. The topological polar surface area (TPSA) is 73.5 Å². The van der Waals surface area contributed by atoms with Crippen LogP contribution in [0, 0.1) is 0 Å². The number of piperidine rings is 1. The van der Waals surface area contributed by atoms with Crippen molar-refractivity contribution in [2.75, 3.05) is 26.2 Å². The maximum absolute atomic E-state index is 13.0. The van der Waals surface area contributed by atoms with E-state index in [0.717, 1.165) is 64.6 Å². The minimum Gasteiger partial charge on any atom is -0.351 e. The maximum atomic E-state index is 13.0. The molecule has 2 fully saturated rings. The van der Waals surface area contributed by atoms with E-state index < -0.39 is 5.54 Å². The van der Waals surface area contributed by atoms with Crippen LogP contribution >= 0.6 is 0 Å². The van der Waals surface area contributed by atoms with E-state index in [-0.39, 0.29) is 18.0 Å². The number of nitrogens with one attached hydrogen (secondary N) is 3. The highest BCUT2D eigenvalue weighted by Crippen LogP contribution is 2.30. The second kappa shape index (κ2) is 9.92. The van der Waals surface area contributed by atoms with Crippen LogP contribution in [0.25, 0.3) is 0 Å². The molecule has 2 aliphatic rings. The summed E-state index contributed by atoms with van der Waals surface area (Å²) in [5.41, 5.74) is 0.640. The molecule has 1 aliphatic heterocycles. The number of nitrogens with zero attached hydrogens (tertiary/aromatic N) is 1. The van der Waals surface area contributed by atoms with Gasteiger partial charge in [0.05, 0.1) is 0 Å². The molecule has 0 aromatic heterocycles. The van der Waals surface area contributed by atoms with Crippen molar-refractivity contribution in [2.24, 2.45) is 0 Å². The highest BCUT2D eigenvalue weighted by molar-refractivity contribution is 5.91. The molecule has 3 rings (SSSR count). The Labute approximate surface area is 168 Å². The van der Waals surface area contributed by atoms with Crippen LogP contribution < -0.4 is 16.0 Å². The van der Waals surface area contributed by atoms with Crippen LogP contribution in [0.15, 0.2) is 30.3 Å². The van der Waals surface area contributed by atoms with Gasteiger partial charge in [0.15, 0.2) is 0 Å². The van der Waals surface area contributed by atoms with Gasteiger partial charge in [0, 0.05) is 32.2 Å². The van der Waals surface area contributed by atoms with Crippen molar-refractivity contribution in [3.63, 3.8) is 0 Å². The fraction of sp³-hybridized carbons (Fsp3) is 0.636. The molecule has 1 aromatic rings. The molecule has 0 unspecified atom stereocenters. The summed E-state index contributed by atoms with van der Waals surface area (Å²) in [6.07, 6.45) is 6.43. The van der Waals surface area contributed by atoms with Gasteiger partial charge in [-0.05, 0) is 44.6 Å². The quantitative estimate of drug-likeness (QED) is 0.674. The Bertz CT molecular complexity index is 635. The number of amides is 3. The van der Waals surface area contributed by atoms with E-state index in [1.807, 2.05) is 6.92 Å². The molecule has 0 spiro atoms. The number of carbonyl (C=O) groups is 2. The van der Waals surface area contributed by atoms with Gasteiger partial charge < -0.3 is 20.9 Å². The predicted octanol–water partition coefficient (Wildman–Crippen LogP) is 2.44. The van der Waals surface area contributed by atoms with Crippen LogP contribution in [0.5, 0.6) is 0 Å². The first-order chi connectivity index (χ1) is 13.6. The van der Waals surface area contributed by atoms with Crippen LogP contribution in [0.2, 0.25) is 0 Å². The molecule has 1 heterocycles. The SMILES string of the molecule is CCNC(=O)NC1(C(=O)NC2CCN(CCc3ccccc3)CC2)CCCC1. The smallest absolute Gasteiger partial charge is 0.315 e. The summed E-state index contributed by atoms with van der Waals surface area (Å²) in [5.74, 6) is -0.000936. The van der Waals surface area contributed by atoms with Crippen molar-refractivity contribution in [3.05, 3.63) is 35.9 Å². The largest absolute Gasteiger partial charge is 0.351 e. The summed E-state index contributed by atoms with van der Waals surface area (Å²) in [7, 11) is 0. The lowest BCUT2D eigenvalue weighted by atomic mass is 9.94. The van der Waals surface area contributed by atoms with E-state index in [4.69, 9.17) is 0 Å². The van der Waals surface area contributed by atoms with Crippen molar-refractivity contribution < 1.29 is 9.59 Å². The van der Waals surface area contributed by atoms with Crippen LogP contribution in [-0.2, 0) is 11.2 Å². The lowest BCUT2D eigenvalue weighted by Crippen LogP contribution is -2.61. The lowest BCUT2D eigenvalue weighted by Gasteiger charge is -2.35. The van der Waals surface area contributed by atoms with Gasteiger partial charge >= 0.3 is 6.03 Å². The first-order valence-electron chi connectivity index (χ1n) is 10.7. The molecular formula is C22H34N4O2. The van der Waals surface area contributed by atoms with Gasteiger partial charge in [0.2, 0.25) is 5.91 Å². The summed E-state index contributed by atoms with van der Waals surface area (Å²) in [6, 6.07) is 10.5. The molecule has 1 saturated heterocycles. The van der Waals surface area contributed by atoms with E-state index in [2.05, 4.69) is 51.2 Å². The van der Waals surface area contributed by atoms with Gasteiger partial charge in [0.25, 0.3) is 0 Å². The third-order valence-corrected chi connectivity index (χ3v) is 6.06. The van der Waals surface area contributed by atoms with Crippen molar-refractivity contribution in [3.8, 4) is 0 Å². The van der Waals surface area contributed by atoms with Gasteiger partial charge in [-0.15, -0.1) is 0 Å². The fourth-order valence-electron chi connectivity index (χ4n) is 4.37. The zero-order valence-electron chi connectivity index (χ0n) is 17.0. The number of rotatable bonds is 7. The molecule has 1 aromatic carbocycles. The van der Waals surface area contributed by atoms with Gasteiger partial charge in [-0.3, -0.25) is 4.79 Å². The van der Waals surface area contributed by atoms with Crippen molar-refractivity contribution >= 4 is 11.9 Å². The zero-order chi connectivity index (χ0) is 19.8. The summed E-state index contributed by atoms with van der Waals surface area (Å²) >= 11 is 0. The molecule has 3 amide bonds. The number of hydrogen-bond acceptors (Lipinski definition) is 3. The molecule has 0 radical (unpaired) electrons. The molecule has 3 N–H and O–H groups in total. The Hall–Kier alpha value is -2.08. The summed E-state index contributed by atoms with van der Waals surface area (Å²) in [5, 5.41) is 8.95. The first kappa shape index (κ1) is 20.6. The normalized spacial score (nSPS) is 19.9. The molecule has 1 aliphatic carbocycles. The second-order valence-electron chi connectivity index (χ2n) is 8.10.